The largest absolute Gasteiger partial charge is 0.464 e. The van der Waals surface area contributed by atoms with Crippen LogP contribution in [-0.4, -0.2) is 36.2 Å². The molecule has 1 fully saturated rings. The average molecular weight is 322 g/mol. The van der Waals surface area contributed by atoms with Gasteiger partial charge in [0.25, 0.3) is 0 Å². The molecule has 1 saturated heterocycles. The Morgan fingerprint density at radius 2 is 2.05 bits per heavy atom. The lowest BCUT2D eigenvalue weighted by Gasteiger charge is -2.33. The molecule has 1 aromatic heterocycles. The van der Waals surface area contributed by atoms with Crippen molar-refractivity contribution in [3.05, 3.63) is 58.5 Å². The van der Waals surface area contributed by atoms with Gasteiger partial charge in [0.2, 0.25) is 0 Å². The molecule has 1 aromatic carbocycles. The fourth-order valence-electron chi connectivity index (χ4n) is 2.70. The van der Waals surface area contributed by atoms with E-state index in [1.54, 1.807) is 12.1 Å². The summed E-state index contributed by atoms with van der Waals surface area (Å²) in [5, 5.41) is 11.1. The highest BCUT2D eigenvalue weighted by Crippen LogP contribution is 2.25. The van der Waals surface area contributed by atoms with Crippen LogP contribution in [-0.2, 0) is 4.74 Å². The Bertz CT molecular complexity index is 611. The molecule has 2 heterocycles. The summed E-state index contributed by atoms with van der Waals surface area (Å²) in [4.78, 5) is 2.20. The van der Waals surface area contributed by atoms with Gasteiger partial charge in [0.15, 0.2) is 0 Å². The van der Waals surface area contributed by atoms with E-state index in [0.717, 1.165) is 30.2 Å². The second-order valence-electron chi connectivity index (χ2n) is 5.63. The molecule has 3 rings (SSSR count). The third kappa shape index (κ3) is 3.70. The van der Waals surface area contributed by atoms with Crippen LogP contribution in [0.15, 0.2) is 40.8 Å². The molecule has 4 nitrogen and oxygen atoms in total. The maximum atomic E-state index is 10.4. The molecule has 1 N–H and O–H groups in total. The van der Waals surface area contributed by atoms with Crippen molar-refractivity contribution < 1.29 is 14.3 Å². The number of hydrogen-bond donors (Lipinski definition) is 1. The molecule has 1 aliphatic rings. The first kappa shape index (κ1) is 15.6. The Balaban J connectivity index is 1.61. The number of furan rings is 1. The van der Waals surface area contributed by atoms with E-state index >= 15 is 0 Å². The second-order valence-corrected chi connectivity index (χ2v) is 6.07. The number of hydrogen-bond acceptors (Lipinski definition) is 4. The molecule has 2 atom stereocenters. The summed E-state index contributed by atoms with van der Waals surface area (Å²) in [6.45, 7) is 4.66. The van der Waals surface area contributed by atoms with Gasteiger partial charge in [0.05, 0.1) is 12.7 Å². The van der Waals surface area contributed by atoms with Gasteiger partial charge in [-0.2, -0.15) is 0 Å². The molecular formula is C17H20ClNO3. The normalized spacial score (nSPS) is 21.0. The molecule has 0 amide bonds. The molecule has 1 aliphatic heterocycles. The number of β-amino-alcohol motifs (C(OH)–C–C–N with tert-alkyl or cyclic N) is 1. The number of rotatable bonds is 4. The van der Waals surface area contributed by atoms with Gasteiger partial charge in [-0.3, -0.25) is 4.90 Å². The lowest BCUT2D eigenvalue weighted by molar-refractivity contribution is -0.0513. The van der Waals surface area contributed by atoms with Crippen molar-refractivity contribution in [1.29, 1.82) is 0 Å². The van der Waals surface area contributed by atoms with Gasteiger partial charge >= 0.3 is 0 Å². The van der Waals surface area contributed by atoms with Crippen LogP contribution < -0.4 is 0 Å². The highest BCUT2D eigenvalue weighted by atomic mass is 35.5. The van der Waals surface area contributed by atoms with E-state index < -0.39 is 6.10 Å². The van der Waals surface area contributed by atoms with Crippen LogP contribution in [0.2, 0.25) is 5.02 Å². The lowest BCUT2D eigenvalue weighted by Crippen LogP contribution is -2.40. The summed E-state index contributed by atoms with van der Waals surface area (Å²) in [6.07, 6.45) is -0.603. The number of aliphatic hydroxyl groups is 1. The van der Waals surface area contributed by atoms with E-state index in [-0.39, 0.29) is 6.10 Å². The predicted octanol–water partition coefficient (Wildman–Crippen LogP) is 3.35. The quantitative estimate of drug-likeness (QED) is 0.938. The van der Waals surface area contributed by atoms with Crippen LogP contribution in [0.1, 0.15) is 29.3 Å². The van der Waals surface area contributed by atoms with Gasteiger partial charge in [0, 0.05) is 24.7 Å². The van der Waals surface area contributed by atoms with Gasteiger partial charge in [-0.25, -0.2) is 0 Å². The van der Waals surface area contributed by atoms with Gasteiger partial charge in [-0.15, -0.1) is 0 Å². The summed E-state index contributed by atoms with van der Waals surface area (Å²) in [5.41, 5.74) is 0.876. The summed E-state index contributed by atoms with van der Waals surface area (Å²) in [5.74, 6) is 1.74. The second kappa shape index (κ2) is 6.84. The Hall–Kier alpha value is -1.33. The minimum absolute atomic E-state index is 0.0696. The van der Waals surface area contributed by atoms with E-state index in [2.05, 4.69) is 4.90 Å². The molecule has 5 heteroatoms. The maximum absolute atomic E-state index is 10.4. The molecule has 0 saturated carbocycles. The predicted molar refractivity (Wildman–Crippen MR) is 85.0 cm³/mol. The van der Waals surface area contributed by atoms with Crippen LogP contribution in [0.4, 0.5) is 0 Å². The third-order valence-corrected chi connectivity index (χ3v) is 4.17. The first-order chi connectivity index (χ1) is 10.6. The summed E-state index contributed by atoms with van der Waals surface area (Å²) < 4.78 is 11.4. The highest BCUT2D eigenvalue weighted by Gasteiger charge is 2.25. The Morgan fingerprint density at radius 3 is 2.73 bits per heavy atom. The number of morpholine rings is 1. The zero-order valence-electron chi connectivity index (χ0n) is 12.5. The lowest BCUT2D eigenvalue weighted by atomic mass is 10.1. The Kier molecular flexibility index (Phi) is 4.84. The topological polar surface area (TPSA) is 45.8 Å². The molecule has 0 aliphatic carbocycles. The van der Waals surface area contributed by atoms with E-state index in [0.29, 0.717) is 18.2 Å². The Labute approximate surface area is 135 Å². The number of halogens is 1. The van der Waals surface area contributed by atoms with Crippen LogP contribution >= 0.6 is 11.6 Å². The van der Waals surface area contributed by atoms with Crippen molar-refractivity contribution in [2.75, 3.05) is 26.2 Å². The van der Waals surface area contributed by atoms with Crippen molar-refractivity contribution in [2.45, 2.75) is 19.1 Å². The number of aryl methyl sites for hydroxylation is 1. The first-order valence-electron chi connectivity index (χ1n) is 7.45. The van der Waals surface area contributed by atoms with Crippen molar-refractivity contribution >= 4 is 11.6 Å². The fourth-order valence-corrected chi connectivity index (χ4v) is 2.83. The monoisotopic (exact) mass is 321 g/mol. The number of benzene rings is 1. The van der Waals surface area contributed by atoms with Crippen LogP contribution in [0, 0.1) is 6.92 Å². The van der Waals surface area contributed by atoms with Crippen molar-refractivity contribution in [3.63, 3.8) is 0 Å². The minimum atomic E-state index is -0.533. The fraction of sp³-hybridized carbons (Fsp3) is 0.412. The standard InChI is InChI=1S/C17H20ClNO3/c1-12-2-7-16(22-12)17-11-19(8-9-21-17)10-15(20)13-3-5-14(18)6-4-13/h2-7,15,17,20H,8-11H2,1H3. The number of ether oxygens (including phenoxy) is 1. The SMILES string of the molecule is Cc1ccc(C2CN(CC(O)c3ccc(Cl)cc3)CCO2)o1. The van der Waals surface area contributed by atoms with Crippen molar-refractivity contribution in [3.8, 4) is 0 Å². The van der Waals surface area contributed by atoms with Crippen LogP contribution in [0.3, 0.4) is 0 Å². The van der Waals surface area contributed by atoms with E-state index in [9.17, 15) is 5.11 Å². The molecule has 2 unspecified atom stereocenters. The first-order valence-corrected chi connectivity index (χ1v) is 7.83. The smallest absolute Gasteiger partial charge is 0.134 e. The van der Waals surface area contributed by atoms with E-state index in [1.807, 2.05) is 31.2 Å². The minimum Gasteiger partial charge on any atom is -0.464 e. The maximum Gasteiger partial charge on any atom is 0.134 e. The van der Waals surface area contributed by atoms with Gasteiger partial charge < -0.3 is 14.3 Å². The average Bonchev–Trinajstić information content (AvgIpc) is 2.95. The number of aliphatic hydroxyl groups excluding tert-OH is 1. The summed E-state index contributed by atoms with van der Waals surface area (Å²) in [6, 6.07) is 11.2. The Morgan fingerprint density at radius 1 is 1.27 bits per heavy atom. The zero-order valence-corrected chi connectivity index (χ0v) is 13.3. The van der Waals surface area contributed by atoms with E-state index in [1.165, 1.54) is 0 Å². The van der Waals surface area contributed by atoms with Crippen molar-refractivity contribution in [1.82, 2.24) is 4.90 Å². The van der Waals surface area contributed by atoms with Gasteiger partial charge in [-0.05, 0) is 36.8 Å². The van der Waals surface area contributed by atoms with Gasteiger partial charge in [0.1, 0.15) is 17.6 Å². The molecule has 0 bridgehead atoms. The molecular weight excluding hydrogens is 302 g/mol. The van der Waals surface area contributed by atoms with Crippen molar-refractivity contribution in [2.24, 2.45) is 0 Å². The zero-order chi connectivity index (χ0) is 15.5. The third-order valence-electron chi connectivity index (χ3n) is 3.91. The number of nitrogens with zero attached hydrogens (tertiary/aromatic N) is 1. The highest BCUT2D eigenvalue weighted by molar-refractivity contribution is 6.30. The van der Waals surface area contributed by atoms with E-state index in [4.69, 9.17) is 20.8 Å². The van der Waals surface area contributed by atoms with Crippen LogP contribution in [0.5, 0.6) is 0 Å². The van der Waals surface area contributed by atoms with Crippen LogP contribution in [0.25, 0.3) is 0 Å². The molecule has 118 valence electrons. The summed E-state index contributed by atoms with van der Waals surface area (Å²) >= 11 is 5.88. The molecule has 22 heavy (non-hydrogen) atoms. The van der Waals surface area contributed by atoms with Gasteiger partial charge in [-0.1, -0.05) is 23.7 Å². The molecule has 2 aromatic rings. The molecule has 0 spiro atoms. The molecule has 0 radical (unpaired) electrons. The summed E-state index contributed by atoms with van der Waals surface area (Å²) in [7, 11) is 0.